The van der Waals surface area contributed by atoms with E-state index in [0.29, 0.717) is 28.6 Å². The number of carboxylic acid groups (broad SMARTS) is 1. The van der Waals surface area contributed by atoms with E-state index in [1.807, 2.05) is 0 Å². The summed E-state index contributed by atoms with van der Waals surface area (Å²) in [5.41, 5.74) is 2.05. The molecule has 1 atom stereocenters. The number of likely N-dealkylation sites (tertiary alicyclic amines) is 1. The van der Waals surface area contributed by atoms with Gasteiger partial charge < -0.3 is 14.7 Å². The normalized spacial score (nSPS) is 16.9. The number of nitrogens with zero attached hydrogens (tertiary/aromatic N) is 2. The van der Waals surface area contributed by atoms with Crippen LogP contribution in [0.1, 0.15) is 55.8 Å². The Balaban J connectivity index is 1.40. The molecule has 2 aromatic heterocycles. The lowest BCUT2D eigenvalue weighted by atomic mass is 9.71. The molecule has 0 bridgehead atoms. The minimum absolute atomic E-state index is 0.0705. The molecule has 0 aliphatic carbocycles. The van der Waals surface area contributed by atoms with E-state index >= 15 is 4.39 Å². The first-order valence-corrected chi connectivity index (χ1v) is 13.4. The molecule has 3 heterocycles. The molecule has 3 aromatic rings. The van der Waals surface area contributed by atoms with E-state index in [0.717, 1.165) is 45.3 Å². The number of piperidine rings is 1. The molecule has 4 rings (SSSR count). The Kier molecular flexibility index (Phi) is 8.63. The van der Waals surface area contributed by atoms with Crippen molar-refractivity contribution in [3.8, 4) is 5.75 Å². The number of carboxylic acids is 1. The fourth-order valence-corrected chi connectivity index (χ4v) is 6.19. The second-order valence-electron chi connectivity index (χ2n) is 9.56. The van der Waals surface area contributed by atoms with Gasteiger partial charge in [-0.1, -0.05) is 11.6 Å². The summed E-state index contributed by atoms with van der Waals surface area (Å²) in [6.45, 7) is 2.71. The SMILES string of the molecule is COc1ccc2ncc(Cl)c(C(F)CCC3(CC(=O)O)CCN(CCCc4ccsc4)CC3)c2c1. The molecule has 35 heavy (non-hydrogen) atoms. The lowest BCUT2D eigenvalue weighted by molar-refractivity contribution is -0.141. The summed E-state index contributed by atoms with van der Waals surface area (Å²) in [5, 5.41) is 14.8. The quantitative estimate of drug-likeness (QED) is 0.298. The molecule has 1 unspecified atom stereocenters. The Morgan fingerprint density at radius 1 is 1.34 bits per heavy atom. The van der Waals surface area contributed by atoms with Gasteiger partial charge in [0.1, 0.15) is 11.9 Å². The van der Waals surface area contributed by atoms with Crippen molar-refractivity contribution in [2.75, 3.05) is 26.7 Å². The number of aryl methyl sites for hydroxylation is 1. The van der Waals surface area contributed by atoms with Crippen LogP contribution in [0.5, 0.6) is 5.75 Å². The van der Waals surface area contributed by atoms with E-state index in [4.69, 9.17) is 16.3 Å². The number of thiophene rings is 1. The van der Waals surface area contributed by atoms with E-state index in [1.165, 1.54) is 11.8 Å². The van der Waals surface area contributed by atoms with E-state index in [9.17, 15) is 9.90 Å². The van der Waals surface area contributed by atoms with Crippen molar-refractivity contribution in [1.82, 2.24) is 9.88 Å². The van der Waals surface area contributed by atoms with Gasteiger partial charge >= 0.3 is 5.97 Å². The third kappa shape index (κ3) is 6.51. The molecule has 1 aromatic carbocycles. The van der Waals surface area contributed by atoms with Crippen LogP contribution in [0.4, 0.5) is 4.39 Å². The van der Waals surface area contributed by atoms with E-state index in [2.05, 4.69) is 26.7 Å². The summed E-state index contributed by atoms with van der Waals surface area (Å²) in [6.07, 6.45) is 4.67. The van der Waals surface area contributed by atoms with Crippen LogP contribution in [-0.4, -0.2) is 47.7 Å². The zero-order valence-electron chi connectivity index (χ0n) is 20.0. The van der Waals surface area contributed by atoms with Gasteiger partial charge in [-0.05, 0) is 104 Å². The minimum Gasteiger partial charge on any atom is -0.497 e. The van der Waals surface area contributed by atoms with Crippen molar-refractivity contribution < 1.29 is 19.0 Å². The molecule has 0 saturated carbocycles. The lowest BCUT2D eigenvalue weighted by Gasteiger charge is -2.41. The summed E-state index contributed by atoms with van der Waals surface area (Å²) < 4.78 is 21.0. The number of aliphatic carboxylic acids is 1. The topological polar surface area (TPSA) is 62.7 Å². The van der Waals surface area contributed by atoms with E-state index in [1.54, 1.807) is 36.6 Å². The standard InChI is InChI=1S/C27H32ClFN2O3S/c1-34-20-4-5-24-21(15-20)26(22(28)17-30-24)23(29)6-8-27(16-25(32)33)9-12-31(13-10-27)11-2-3-19-7-14-35-18-19/h4-5,7,14-15,17-18,23H,2-3,6,8-13,16H2,1H3,(H,32,33). The first-order valence-electron chi connectivity index (χ1n) is 12.1. The van der Waals surface area contributed by atoms with Crippen LogP contribution in [0.25, 0.3) is 10.9 Å². The molecule has 1 aliphatic rings. The maximum atomic E-state index is 15.7. The second kappa shape index (κ2) is 11.7. The monoisotopic (exact) mass is 518 g/mol. The van der Waals surface area contributed by atoms with Gasteiger partial charge in [0, 0.05) is 17.1 Å². The average Bonchev–Trinajstić information content (AvgIpc) is 3.36. The Morgan fingerprint density at radius 3 is 2.83 bits per heavy atom. The summed E-state index contributed by atoms with van der Waals surface area (Å²) in [5.74, 6) is -0.202. The van der Waals surface area contributed by atoms with Crippen LogP contribution < -0.4 is 4.74 Å². The van der Waals surface area contributed by atoms with Crippen molar-refractivity contribution in [3.63, 3.8) is 0 Å². The van der Waals surface area contributed by atoms with Crippen LogP contribution >= 0.6 is 22.9 Å². The Labute approximate surface area is 214 Å². The largest absolute Gasteiger partial charge is 0.497 e. The summed E-state index contributed by atoms with van der Waals surface area (Å²) >= 11 is 8.12. The highest BCUT2D eigenvalue weighted by molar-refractivity contribution is 7.07. The van der Waals surface area contributed by atoms with Crippen molar-refractivity contribution >= 4 is 39.8 Å². The summed E-state index contributed by atoms with van der Waals surface area (Å²) in [7, 11) is 1.57. The number of hydrogen-bond acceptors (Lipinski definition) is 5. The minimum atomic E-state index is -1.31. The maximum Gasteiger partial charge on any atom is 0.303 e. The van der Waals surface area contributed by atoms with E-state index < -0.39 is 17.6 Å². The van der Waals surface area contributed by atoms with Gasteiger partial charge in [0.15, 0.2) is 0 Å². The molecular formula is C27H32ClFN2O3S. The number of halogens is 2. The smallest absolute Gasteiger partial charge is 0.303 e. The number of carbonyl (C=O) groups is 1. The molecular weight excluding hydrogens is 487 g/mol. The molecule has 0 amide bonds. The molecule has 0 radical (unpaired) electrons. The van der Waals surface area contributed by atoms with Gasteiger partial charge in [0.05, 0.1) is 24.1 Å². The zero-order valence-corrected chi connectivity index (χ0v) is 21.6. The number of aromatic nitrogens is 1. The van der Waals surface area contributed by atoms with Crippen molar-refractivity contribution in [2.24, 2.45) is 5.41 Å². The number of rotatable bonds is 11. The van der Waals surface area contributed by atoms with Crippen LogP contribution in [0.2, 0.25) is 5.02 Å². The number of alkyl halides is 1. The van der Waals surface area contributed by atoms with Crippen LogP contribution in [-0.2, 0) is 11.2 Å². The third-order valence-electron chi connectivity index (χ3n) is 7.27. The highest BCUT2D eigenvalue weighted by atomic mass is 35.5. The van der Waals surface area contributed by atoms with Gasteiger partial charge in [-0.25, -0.2) is 4.39 Å². The molecule has 1 saturated heterocycles. The number of methoxy groups -OCH3 is 1. The third-order valence-corrected chi connectivity index (χ3v) is 8.31. The Hall–Kier alpha value is -2.22. The fourth-order valence-electron chi connectivity index (χ4n) is 5.22. The maximum absolute atomic E-state index is 15.7. The first kappa shape index (κ1) is 25.9. The summed E-state index contributed by atoms with van der Waals surface area (Å²) in [4.78, 5) is 18.5. The number of pyridine rings is 1. The van der Waals surface area contributed by atoms with Gasteiger partial charge in [-0.2, -0.15) is 11.3 Å². The number of ether oxygens (including phenoxy) is 1. The number of benzene rings is 1. The van der Waals surface area contributed by atoms with Crippen molar-refractivity contribution in [3.05, 3.63) is 57.4 Å². The fraction of sp³-hybridized carbons (Fsp3) is 0.481. The molecule has 5 nitrogen and oxygen atoms in total. The molecule has 1 fully saturated rings. The predicted octanol–water partition coefficient (Wildman–Crippen LogP) is 6.94. The molecule has 1 aliphatic heterocycles. The predicted molar refractivity (Wildman–Crippen MR) is 139 cm³/mol. The van der Waals surface area contributed by atoms with Gasteiger partial charge in [0.25, 0.3) is 0 Å². The van der Waals surface area contributed by atoms with Gasteiger partial charge in [0.2, 0.25) is 0 Å². The Bertz CT molecular complexity index is 1130. The van der Waals surface area contributed by atoms with Crippen molar-refractivity contribution in [1.29, 1.82) is 0 Å². The van der Waals surface area contributed by atoms with Crippen LogP contribution in [0.15, 0.2) is 41.2 Å². The van der Waals surface area contributed by atoms with Crippen LogP contribution in [0, 0.1) is 5.41 Å². The average molecular weight is 519 g/mol. The van der Waals surface area contributed by atoms with Gasteiger partial charge in [-0.15, -0.1) is 0 Å². The first-order chi connectivity index (χ1) is 16.9. The molecule has 188 valence electrons. The highest BCUT2D eigenvalue weighted by Crippen LogP contribution is 2.44. The molecule has 1 N–H and O–H groups in total. The van der Waals surface area contributed by atoms with Crippen molar-refractivity contribution in [2.45, 2.75) is 51.1 Å². The Morgan fingerprint density at radius 2 is 2.14 bits per heavy atom. The van der Waals surface area contributed by atoms with Crippen LogP contribution in [0.3, 0.4) is 0 Å². The number of hydrogen-bond donors (Lipinski definition) is 1. The lowest BCUT2D eigenvalue weighted by Crippen LogP contribution is -2.41. The summed E-state index contributed by atoms with van der Waals surface area (Å²) in [6, 6.07) is 7.51. The number of fused-ring (bicyclic) bond motifs is 1. The van der Waals surface area contributed by atoms with Gasteiger partial charge in [-0.3, -0.25) is 9.78 Å². The highest BCUT2D eigenvalue weighted by Gasteiger charge is 2.37. The second-order valence-corrected chi connectivity index (χ2v) is 10.7. The molecule has 0 spiro atoms. The zero-order chi connectivity index (χ0) is 24.8. The molecule has 8 heteroatoms. The van der Waals surface area contributed by atoms with E-state index in [-0.39, 0.29) is 17.9 Å².